The molecule has 19 heavy (non-hydrogen) atoms. The Morgan fingerprint density at radius 1 is 1.21 bits per heavy atom. The van der Waals surface area contributed by atoms with Gasteiger partial charge in [-0.05, 0) is 26.2 Å². The first-order chi connectivity index (χ1) is 9.10. The van der Waals surface area contributed by atoms with E-state index in [1.807, 2.05) is 6.92 Å². The van der Waals surface area contributed by atoms with Gasteiger partial charge in [0.2, 0.25) is 0 Å². The van der Waals surface area contributed by atoms with Crippen LogP contribution < -0.4 is 0 Å². The predicted octanol–water partition coefficient (Wildman–Crippen LogP) is 2.00. The van der Waals surface area contributed by atoms with Crippen LogP contribution in [-0.2, 0) is 14.3 Å². The van der Waals surface area contributed by atoms with Crippen LogP contribution in [0.5, 0.6) is 0 Å². The maximum Gasteiger partial charge on any atom is 0.332 e. The Labute approximate surface area is 116 Å². The minimum atomic E-state index is -0.877. The fourth-order valence-corrected chi connectivity index (χ4v) is 2.25. The van der Waals surface area contributed by atoms with Gasteiger partial charge in [0, 0.05) is 32.8 Å². The van der Waals surface area contributed by atoms with E-state index < -0.39 is 12.1 Å². The Kier molecular flexibility index (Phi) is 10.8. The second-order valence-corrected chi connectivity index (χ2v) is 4.57. The van der Waals surface area contributed by atoms with E-state index in [-0.39, 0.29) is 0 Å². The highest BCUT2D eigenvalue weighted by Crippen LogP contribution is 2.11. The highest BCUT2D eigenvalue weighted by atomic mass is 16.5. The lowest BCUT2D eigenvalue weighted by Gasteiger charge is -2.31. The van der Waals surface area contributed by atoms with Gasteiger partial charge in [0.05, 0.1) is 6.61 Å². The van der Waals surface area contributed by atoms with E-state index in [0.717, 1.165) is 25.9 Å². The molecule has 0 saturated carbocycles. The van der Waals surface area contributed by atoms with Crippen molar-refractivity contribution in [3.8, 4) is 0 Å². The SMILES string of the molecule is CCOC(CCN(CCOC)C(CC)CC)C(=O)O. The summed E-state index contributed by atoms with van der Waals surface area (Å²) in [6, 6.07) is 0.478. The van der Waals surface area contributed by atoms with Crippen molar-refractivity contribution in [3.63, 3.8) is 0 Å². The quantitative estimate of drug-likeness (QED) is 0.590. The largest absolute Gasteiger partial charge is 0.479 e. The van der Waals surface area contributed by atoms with Crippen molar-refractivity contribution in [3.05, 3.63) is 0 Å². The number of carboxylic acid groups (broad SMARTS) is 1. The molecule has 0 aromatic heterocycles. The molecular formula is C14H29NO4. The maximum absolute atomic E-state index is 11.1. The standard InChI is InChI=1S/C14H29NO4/c1-5-12(6-2)15(10-11-18-4)9-8-13(14(16)17)19-7-3/h12-13H,5-11H2,1-4H3,(H,16,17). The summed E-state index contributed by atoms with van der Waals surface area (Å²) >= 11 is 0. The van der Waals surface area contributed by atoms with Crippen LogP contribution in [0.2, 0.25) is 0 Å². The zero-order valence-electron chi connectivity index (χ0n) is 12.7. The molecule has 0 amide bonds. The topological polar surface area (TPSA) is 59.0 Å². The van der Waals surface area contributed by atoms with Crippen LogP contribution in [0.1, 0.15) is 40.0 Å². The zero-order chi connectivity index (χ0) is 14.7. The van der Waals surface area contributed by atoms with Crippen molar-refractivity contribution in [1.82, 2.24) is 4.90 Å². The maximum atomic E-state index is 11.1. The average Bonchev–Trinajstić information content (AvgIpc) is 2.40. The number of ether oxygens (including phenoxy) is 2. The van der Waals surface area contributed by atoms with E-state index in [1.165, 1.54) is 0 Å². The second kappa shape index (κ2) is 11.2. The molecule has 0 aliphatic rings. The molecule has 0 radical (unpaired) electrons. The van der Waals surface area contributed by atoms with Crippen LogP contribution in [-0.4, -0.2) is 61.5 Å². The van der Waals surface area contributed by atoms with Crippen molar-refractivity contribution >= 4 is 5.97 Å². The molecule has 1 atom stereocenters. The molecule has 0 aromatic carbocycles. The van der Waals surface area contributed by atoms with Gasteiger partial charge >= 0.3 is 5.97 Å². The lowest BCUT2D eigenvalue weighted by atomic mass is 10.1. The molecule has 0 rings (SSSR count). The van der Waals surface area contributed by atoms with Crippen LogP contribution in [0.3, 0.4) is 0 Å². The van der Waals surface area contributed by atoms with Crippen molar-refractivity contribution in [2.75, 3.05) is 33.4 Å². The number of hydrogen-bond donors (Lipinski definition) is 1. The van der Waals surface area contributed by atoms with E-state index in [0.29, 0.717) is 25.7 Å². The summed E-state index contributed by atoms with van der Waals surface area (Å²) in [6.07, 6.45) is 1.94. The number of rotatable bonds is 12. The molecule has 5 nitrogen and oxygen atoms in total. The smallest absolute Gasteiger partial charge is 0.332 e. The van der Waals surface area contributed by atoms with E-state index in [1.54, 1.807) is 7.11 Å². The molecule has 0 aliphatic heterocycles. The van der Waals surface area contributed by atoms with Gasteiger partial charge in [-0.25, -0.2) is 4.79 Å². The third-order valence-corrected chi connectivity index (χ3v) is 3.36. The molecule has 0 aromatic rings. The van der Waals surface area contributed by atoms with Gasteiger partial charge in [0.25, 0.3) is 0 Å². The van der Waals surface area contributed by atoms with Gasteiger partial charge in [0.1, 0.15) is 0 Å². The molecule has 1 N–H and O–H groups in total. The summed E-state index contributed by atoms with van der Waals surface area (Å²) < 4.78 is 10.4. The van der Waals surface area contributed by atoms with Gasteiger partial charge in [-0.2, -0.15) is 0 Å². The number of aliphatic carboxylic acids is 1. The van der Waals surface area contributed by atoms with Gasteiger partial charge in [-0.3, -0.25) is 4.90 Å². The molecular weight excluding hydrogens is 246 g/mol. The first-order valence-electron chi connectivity index (χ1n) is 7.17. The lowest BCUT2D eigenvalue weighted by molar-refractivity contribution is -0.150. The number of nitrogens with zero attached hydrogens (tertiary/aromatic N) is 1. The zero-order valence-corrected chi connectivity index (χ0v) is 12.7. The normalized spacial score (nSPS) is 13.2. The highest BCUT2D eigenvalue weighted by Gasteiger charge is 2.21. The van der Waals surface area contributed by atoms with Crippen molar-refractivity contribution < 1.29 is 19.4 Å². The summed E-state index contributed by atoms with van der Waals surface area (Å²) in [5, 5.41) is 9.08. The van der Waals surface area contributed by atoms with Gasteiger partial charge in [0.15, 0.2) is 6.10 Å². The first kappa shape index (κ1) is 18.4. The average molecular weight is 275 g/mol. The Hall–Kier alpha value is -0.650. The van der Waals surface area contributed by atoms with E-state index in [9.17, 15) is 4.79 Å². The number of carboxylic acids is 1. The Morgan fingerprint density at radius 2 is 1.84 bits per heavy atom. The molecule has 114 valence electrons. The minimum absolute atomic E-state index is 0.431. The molecule has 0 aliphatic carbocycles. The van der Waals surface area contributed by atoms with Gasteiger partial charge in [-0.1, -0.05) is 13.8 Å². The molecule has 0 heterocycles. The molecule has 1 unspecified atom stereocenters. The van der Waals surface area contributed by atoms with Gasteiger partial charge in [-0.15, -0.1) is 0 Å². The lowest BCUT2D eigenvalue weighted by Crippen LogP contribution is -2.40. The van der Waals surface area contributed by atoms with Crippen LogP contribution in [0.25, 0.3) is 0 Å². The van der Waals surface area contributed by atoms with Crippen LogP contribution in [0.15, 0.2) is 0 Å². The van der Waals surface area contributed by atoms with E-state index in [2.05, 4.69) is 18.7 Å². The van der Waals surface area contributed by atoms with Crippen LogP contribution >= 0.6 is 0 Å². The molecule has 5 heteroatoms. The molecule has 0 bridgehead atoms. The summed E-state index contributed by atoms with van der Waals surface area (Å²) in [7, 11) is 1.69. The van der Waals surface area contributed by atoms with E-state index in [4.69, 9.17) is 14.6 Å². The number of carbonyl (C=O) groups is 1. The monoisotopic (exact) mass is 275 g/mol. The van der Waals surface area contributed by atoms with Crippen LogP contribution in [0.4, 0.5) is 0 Å². The third kappa shape index (κ3) is 7.50. The summed E-state index contributed by atoms with van der Waals surface area (Å²) in [5.74, 6) is -0.877. The van der Waals surface area contributed by atoms with Crippen LogP contribution in [0, 0.1) is 0 Å². The molecule has 0 fully saturated rings. The number of methoxy groups -OCH3 is 1. The van der Waals surface area contributed by atoms with E-state index >= 15 is 0 Å². The molecule has 0 spiro atoms. The highest BCUT2D eigenvalue weighted by molar-refractivity contribution is 5.72. The fourth-order valence-electron chi connectivity index (χ4n) is 2.25. The predicted molar refractivity (Wildman–Crippen MR) is 75.5 cm³/mol. The summed E-state index contributed by atoms with van der Waals surface area (Å²) in [5.41, 5.74) is 0. The van der Waals surface area contributed by atoms with Crippen molar-refractivity contribution in [2.24, 2.45) is 0 Å². The summed E-state index contributed by atoms with van der Waals surface area (Å²) in [6.45, 7) is 8.80. The van der Waals surface area contributed by atoms with Crippen molar-refractivity contribution in [2.45, 2.75) is 52.2 Å². The minimum Gasteiger partial charge on any atom is -0.479 e. The summed E-state index contributed by atoms with van der Waals surface area (Å²) in [4.78, 5) is 13.4. The molecule has 0 saturated heterocycles. The Balaban J connectivity index is 4.40. The first-order valence-corrected chi connectivity index (χ1v) is 7.17. The van der Waals surface area contributed by atoms with Gasteiger partial charge < -0.3 is 14.6 Å². The Bertz CT molecular complexity index is 231. The second-order valence-electron chi connectivity index (χ2n) is 4.57. The number of hydrogen-bond acceptors (Lipinski definition) is 4. The van der Waals surface area contributed by atoms with Crippen molar-refractivity contribution in [1.29, 1.82) is 0 Å². The fraction of sp³-hybridized carbons (Fsp3) is 0.929. The Morgan fingerprint density at radius 3 is 2.26 bits per heavy atom. The third-order valence-electron chi connectivity index (χ3n) is 3.36.